The molecule has 1 unspecified atom stereocenters. The monoisotopic (exact) mass is 203 g/mol. The molecule has 5 nitrogen and oxygen atoms in total. The van der Waals surface area contributed by atoms with E-state index in [-0.39, 0.29) is 6.61 Å². The van der Waals surface area contributed by atoms with Gasteiger partial charge in [-0.15, -0.1) is 0 Å². The van der Waals surface area contributed by atoms with Gasteiger partial charge < -0.3 is 21.9 Å². The molecule has 5 heteroatoms. The lowest BCUT2D eigenvalue weighted by Gasteiger charge is -2.08. The van der Waals surface area contributed by atoms with E-state index < -0.39 is 11.9 Å². The predicted molar refractivity (Wildman–Crippen MR) is 55.6 cm³/mol. The van der Waals surface area contributed by atoms with Crippen LogP contribution in [0, 0.1) is 0 Å². The van der Waals surface area contributed by atoms with E-state index in [1.54, 1.807) is 0 Å². The second kappa shape index (κ2) is 8.93. The fourth-order valence-electron chi connectivity index (χ4n) is 1.07. The zero-order valence-electron chi connectivity index (χ0n) is 8.54. The van der Waals surface area contributed by atoms with Crippen LogP contribution in [0.5, 0.6) is 0 Å². The number of aliphatic hydroxyl groups excluding tert-OH is 1. The first-order chi connectivity index (χ1) is 6.68. The Balaban J connectivity index is 3.09. The van der Waals surface area contributed by atoms with Gasteiger partial charge in [-0.25, -0.2) is 0 Å². The van der Waals surface area contributed by atoms with E-state index in [4.69, 9.17) is 16.6 Å². The highest BCUT2D eigenvalue weighted by Gasteiger charge is 2.06. The first kappa shape index (κ1) is 13.4. The molecule has 0 aliphatic carbocycles. The summed E-state index contributed by atoms with van der Waals surface area (Å²) in [5, 5.41) is 11.6. The van der Waals surface area contributed by atoms with Crippen LogP contribution < -0.4 is 16.8 Å². The van der Waals surface area contributed by atoms with Crippen LogP contribution in [-0.2, 0) is 4.79 Å². The van der Waals surface area contributed by atoms with Crippen LogP contribution in [0.15, 0.2) is 0 Å². The van der Waals surface area contributed by atoms with E-state index in [1.807, 2.05) is 0 Å². The Morgan fingerprint density at radius 2 is 1.93 bits per heavy atom. The molecular weight excluding hydrogens is 182 g/mol. The summed E-state index contributed by atoms with van der Waals surface area (Å²) in [7, 11) is 0. The number of nitrogens with one attached hydrogen (secondary N) is 1. The normalized spacial score (nSPS) is 12.7. The van der Waals surface area contributed by atoms with Gasteiger partial charge in [-0.1, -0.05) is 12.8 Å². The Bertz CT molecular complexity index is 153. The molecule has 6 N–H and O–H groups in total. The van der Waals surface area contributed by atoms with Gasteiger partial charge in [0.1, 0.15) is 0 Å². The van der Waals surface area contributed by atoms with Crippen molar-refractivity contribution in [3.63, 3.8) is 0 Å². The summed E-state index contributed by atoms with van der Waals surface area (Å²) in [6.07, 6.45) is 4.02. The van der Waals surface area contributed by atoms with Gasteiger partial charge in [0.25, 0.3) is 0 Å². The van der Waals surface area contributed by atoms with Gasteiger partial charge in [0.15, 0.2) is 0 Å². The fourth-order valence-corrected chi connectivity index (χ4v) is 1.07. The van der Waals surface area contributed by atoms with Crippen LogP contribution in [-0.4, -0.2) is 36.8 Å². The van der Waals surface area contributed by atoms with Crippen molar-refractivity contribution in [2.45, 2.75) is 31.7 Å². The predicted octanol–water partition coefficient (Wildman–Crippen LogP) is -1.06. The quantitative estimate of drug-likeness (QED) is 0.359. The maximum atomic E-state index is 10.5. The first-order valence-corrected chi connectivity index (χ1v) is 5.05. The van der Waals surface area contributed by atoms with Gasteiger partial charge in [0.05, 0.1) is 6.04 Å². The average Bonchev–Trinajstić information content (AvgIpc) is 2.16. The highest BCUT2D eigenvalue weighted by molar-refractivity contribution is 5.79. The largest absolute Gasteiger partial charge is 0.396 e. The number of aliphatic hydroxyl groups is 1. The molecule has 1 atom stereocenters. The van der Waals surface area contributed by atoms with Crippen LogP contribution >= 0.6 is 0 Å². The van der Waals surface area contributed by atoms with Crippen molar-refractivity contribution in [2.75, 3.05) is 19.7 Å². The lowest BCUT2D eigenvalue weighted by atomic mass is 10.2. The third-order valence-electron chi connectivity index (χ3n) is 1.99. The van der Waals surface area contributed by atoms with Crippen molar-refractivity contribution in [1.29, 1.82) is 0 Å². The number of unbranched alkanes of at least 4 members (excludes halogenated alkanes) is 3. The molecule has 0 aliphatic rings. The number of amides is 1. The number of nitrogens with two attached hydrogens (primary N) is 2. The molecule has 0 saturated heterocycles. The molecule has 0 fully saturated rings. The minimum atomic E-state index is -0.590. The maximum Gasteiger partial charge on any atom is 0.235 e. The molecule has 84 valence electrons. The molecule has 0 rings (SSSR count). The lowest BCUT2D eigenvalue weighted by molar-refractivity contribution is -0.119. The van der Waals surface area contributed by atoms with E-state index in [2.05, 4.69) is 5.32 Å². The summed E-state index contributed by atoms with van der Waals surface area (Å²) in [5.41, 5.74) is 10.4. The second-order valence-electron chi connectivity index (χ2n) is 3.35. The number of rotatable bonds is 9. The fraction of sp³-hybridized carbons (Fsp3) is 0.889. The van der Waals surface area contributed by atoms with Crippen LogP contribution in [0.2, 0.25) is 0 Å². The van der Waals surface area contributed by atoms with Crippen LogP contribution in [0.25, 0.3) is 0 Å². The van der Waals surface area contributed by atoms with E-state index in [1.165, 1.54) is 0 Å². The minimum absolute atomic E-state index is 0.264. The Labute approximate surface area is 84.8 Å². The van der Waals surface area contributed by atoms with E-state index in [9.17, 15) is 4.79 Å². The summed E-state index contributed by atoms with van der Waals surface area (Å²) >= 11 is 0. The summed E-state index contributed by atoms with van der Waals surface area (Å²) in [6.45, 7) is 1.54. The molecule has 0 aromatic carbocycles. The van der Waals surface area contributed by atoms with Crippen molar-refractivity contribution < 1.29 is 9.90 Å². The number of hydrogen-bond donors (Lipinski definition) is 4. The van der Waals surface area contributed by atoms with E-state index in [0.717, 1.165) is 32.2 Å². The van der Waals surface area contributed by atoms with Crippen LogP contribution in [0.1, 0.15) is 25.7 Å². The summed E-state index contributed by atoms with van der Waals surface area (Å²) < 4.78 is 0. The SMILES string of the molecule is NC(=O)C(N)CNCCCCCCO. The summed E-state index contributed by atoms with van der Waals surface area (Å²) in [4.78, 5) is 10.5. The highest BCUT2D eigenvalue weighted by atomic mass is 16.2. The Morgan fingerprint density at radius 3 is 2.50 bits per heavy atom. The molecule has 0 radical (unpaired) electrons. The van der Waals surface area contributed by atoms with Gasteiger partial charge in [-0.2, -0.15) is 0 Å². The number of carbonyl (C=O) groups excluding carboxylic acids is 1. The molecule has 0 aliphatic heterocycles. The van der Waals surface area contributed by atoms with Crippen molar-refractivity contribution in [3.8, 4) is 0 Å². The highest BCUT2D eigenvalue weighted by Crippen LogP contribution is 1.97. The van der Waals surface area contributed by atoms with E-state index >= 15 is 0 Å². The molecule has 0 saturated carbocycles. The number of carbonyl (C=O) groups is 1. The van der Waals surface area contributed by atoms with Gasteiger partial charge in [0, 0.05) is 13.2 Å². The Hall–Kier alpha value is -0.650. The zero-order valence-corrected chi connectivity index (χ0v) is 8.54. The van der Waals surface area contributed by atoms with Gasteiger partial charge in [0.2, 0.25) is 5.91 Å². The van der Waals surface area contributed by atoms with Gasteiger partial charge in [-0.05, 0) is 19.4 Å². The average molecular weight is 203 g/mol. The van der Waals surface area contributed by atoms with Gasteiger partial charge in [-0.3, -0.25) is 4.79 Å². The smallest absolute Gasteiger partial charge is 0.235 e. The third kappa shape index (κ3) is 7.97. The summed E-state index contributed by atoms with van der Waals surface area (Å²) in [6, 6.07) is -0.590. The molecule has 0 spiro atoms. The van der Waals surface area contributed by atoms with Crippen LogP contribution in [0.4, 0.5) is 0 Å². The van der Waals surface area contributed by atoms with Crippen molar-refractivity contribution in [2.24, 2.45) is 11.5 Å². The van der Waals surface area contributed by atoms with Crippen molar-refractivity contribution >= 4 is 5.91 Å². The number of hydrogen-bond acceptors (Lipinski definition) is 4. The number of primary amides is 1. The Kier molecular flexibility index (Phi) is 8.51. The molecule has 14 heavy (non-hydrogen) atoms. The second-order valence-corrected chi connectivity index (χ2v) is 3.35. The molecule has 0 aromatic heterocycles. The molecular formula is C9H21N3O2. The van der Waals surface area contributed by atoms with E-state index in [0.29, 0.717) is 6.54 Å². The zero-order chi connectivity index (χ0) is 10.8. The molecule has 1 amide bonds. The standard InChI is InChI=1S/C9H21N3O2/c10-8(9(11)14)7-12-5-3-1-2-4-6-13/h8,12-13H,1-7,10H2,(H2,11,14). The molecule has 0 aromatic rings. The van der Waals surface area contributed by atoms with Gasteiger partial charge >= 0.3 is 0 Å². The van der Waals surface area contributed by atoms with Crippen molar-refractivity contribution in [1.82, 2.24) is 5.32 Å². The maximum absolute atomic E-state index is 10.5. The topological polar surface area (TPSA) is 101 Å². The van der Waals surface area contributed by atoms with Crippen LogP contribution in [0.3, 0.4) is 0 Å². The lowest BCUT2D eigenvalue weighted by Crippen LogP contribution is -2.44. The molecule has 0 bridgehead atoms. The first-order valence-electron chi connectivity index (χ1n) is 5.05. The third-order valence-corrected chi connectivity index (χ3v) is 1.99. The molecule has 0 heterocycles. The minimum Gasteiger partial charge on any atom is -0.396 e. The van der Waals surface area contributed by atoms with Crippen molar-refractivity contribution in [3.05, 3.63) is 0 Å². The Morgan fingerprint density at radius 1 is 1.29 bits per heavy atom. The summed E-state index contributed by atoms with van der Waals surface area (Å²) in [5.74, 6) is -0.474.